The topological polar surface area (TPSA) is 97.4 Å². The second-order valence-corrected chi connectivity index (χ2v) is 8.33. The monoisotopic (exact) mass is 508 g/mol. The largest absolute Gasteiger partial charge is 0.452 e. The van der Waals surface area contributed by atoms with Crippen molar-refractivity contribution in [3.8, 4) is 0 Å². The van der Waals surface area contributed by atoms with Crippen molar-refractivity contribution in [3.05, 3.63) is 108 Å². The maximum Gasteiger partial charge on any atom is 0.338 e. The quantitative estimate of drug-likeness (QED) is 0.266. The fourth-order valence-corrected chi connectivity index (χ4v) is 4.02. The van der Waals surface area contributed by atoms with E-state index in [0.717, 1.165) is 0 Å². The standard InChI is InChI=1S/C27H25O8P/c1-17-21(32-24(28)18-11-5-2-6-12-18)22(33-25(29)19-13-7-3-8-14-19)23(27(31-17)35-36)34-26(30)20-15-9-4-10-16-20/h2-17,21-23,27H,36H2,1H3/t17?,21-,22?,23?,27-/m1/s1. The summed E-state index contributed by atoms with van der Waals surface area (Å²) in [7, 11) is 2.06. The molecule has 3 aromatic rings. The zero-order valence-corrected chi connectivity index (χ0v) is 20.5. The maximum absolute atomic E-state index is 13.0. The van der Waals surface area contributed by atoms with Crippen molar-refractivity contribution in [2.75, 3.05) is 0 Å². The van der Waals surface area contributed by atoms with E-state index >= 15 is 0 Å². The van der Waals surface area contributed by atoms with Gasteiger partial charge in [-0.15, -0.1) is 0 Å². The highest BCUT2D eigenvalue weighted by molar-refractivity contribution is 7.09. The molecule has 186 valence electrons. The van der Waals surface area contributed by atoms with Gasteiger partial charge in [-0.25, -0.2) is 14.4 Å². The summed E-state index contributed by atoms with van der Waals surface area (Å²) >= 11 is 0. The molecule has 0 aromatic heterocycles. The molecule has 8 nitrogen and oxygen atoms in total. The lowest BCUT2D eigenvalue weighted by molar-refractivity contribution is -0.263. The van der Waals surface area contributed by atoms with Crippen LogP contribution >= 0.6 is 9.47 Å². The van der Waals surface area contributed by atoms with Gasteiger partial charge in [0.2, 0.25) is 6.29 Å². The third-order valence-corrected chi connectivity index (χ3v) is 5.89. The summed E-state index contributed by atoms with van der Waals surface area (Å²) in [5.41, 5.74) is 0.867. The van der Waals surface area contributed by atoms with Gasteiger partial charge in [-0.3, -0.25) is 0 Å². The highest BCUT2D eigenvalue weighted by atomic mass is 31.0. The first-order valence-electron chi connectivity index (χ1n) is 11.3. The Morgan fingerprint density at radius 1 is 0.611 bits per heavy atom. The molecule has 3 aromatic carbocycles. The zero-order chi connectivity index (χ0) is 25.5. The summed E-state index contributed by atoms with van der Waals surface area (Å²) < 4.78 is 28.5. The van der Waals surface area contributed by atoms with E-state index in [1.807, 2.05) is 0 Å². The predicted molar refractivity (Wildman–Crippen MR) is 132 cm³/mol. The Labute approximate surface area is 210 Å². The van der Waals surface area contributed by atoms with Crippen molar-refractivity contribution < 1.29 is 37.9 Å². The third-order valence-electron chi connectivity index (χ3n) is 5.62. The fourth-order valence-electron chi connectivity index (χ4n) is 3.80. The van der Waals surface area contributed by atoms with Gasteiger partial charge in [-0.2, -0.15) is 0 Å². The molecule has 4 rings (SSSR count). The van der Waals surface area contributed by atoms with Gasteiger partial charge in [0, 0.05) is 9.47 Å². The van der Waals surface area contributed by atoms with E-state index in [4.69, 9.17) is 23.5 Å². The number of hydrogen-bond acceptors (Lipinski definition) is 8. The van der Waals surface area contributed by atoms with Gasteiger partial charge < -0.3 is 23.5 Å². The van der Waals surface area contributed by atoms with Crippen molar-refractivity contribution in [1.82, 2.24) is 0 Å². The lowest BCUT2D eigenvalue weighted by Crippen LogP contribution is -2.60. The summed E-state index contributed by atoms with van der Waals surface area (Å²) in [4.78, 5) is 38.8. The molecule has 0 spiro atoms. The molecule has 0 bridgehead atoms. The van der Waals surface area contributed by atoms with Crippen LogP contribution in [-0.2, 0) is 23.5 Å². The number of ether oxygens (including phenoxy) is 4. The summed E-state index contributed by atoms with van der Waals surface area (Å²) in [6.45, 7) is 1.65. The SMILES string of the molecule is CC1O[C@H](OP)C(OC(=O)c2ccccc2)C(OC(=O)c2ccccc2)[C@@H]1OC(=O)c1ccccc1. The Kier molecular flexibility index (Phi) is 8.44. The van der Waals surface area contributed by atoms with Gasteiger partial charge in [0.05, 0.1) is 22.8 Å². The third kappa shape index (κ3) is 5.97. The average Bonchev–Trinajstić information content (AvgIpc) is 2.93. The molecule has 4 unspecified atom stereocenters. The molecule has 1 fully saturated rings. The average molecular weight is 508 g/mol. The van der Waals surface area contributed by atoms with Crippen molar-refractivity contribution in [3.63, 3.8) is 0 Å². The second-order valence-electron chi connectivity index (χ2n) is 8.05. The second kappa shape index (κ2) is 11.9. The molecule has 0 N–H and O–H groups in total. The van der Waals surface area contributed by atoms with Gasteiger partial charge >= 0.3 is 17.9 Å². The molecule has 0 amide bonds. The molecular formula is C27H25O8P. The normalized spacial score (nSPS) is 23.3. The first-order chi connectivity index (χ1) is 17.5. The highest BCUT2D eigenvalue weighted by Crippen LogP contribution is 2.31. The molecular weight excluding hydrogens is 483 g/mol. The number of hydrogen-bond donors (Lipinski definition) is 0. The minimum Gasteiger partial charge on any atom is -0.452 e. The van der Waals surface area contributed by atoms with Crippen LogP contribution in [0.25, 0.3) is 0 Å². The molecule has 6 atom stereocenters. The molecule has 9 heteroatoms. The lowest BCUT2D eigenvalue weighted by Gasteiger charge is -2.43. The van der Waals surface area contributed by atoms with E-state index in [0.29, 0.717) is 5.56 Å². The van der Waals surface area contributed by atoms with Gasteiger partial charge in [0.25, 0.3) is 0 Å². The van der Waals surface area contributed by atoms with Crippen LogP contribution in [-0.4, -0.2) is 48.6 Å². The van der Waals surface area contributed by atoms with E-state index < -0.39 is 48.6 Å². The number of benzene rings is 3. The Morgan fingerprint density at radius 2 is 0.972 bits per heavy atom. The zero-order valence-electron chi connectivity index (χ0n) is 19.4. The van der Waals surface area contributed by atoms with Crippen LogP contribution in [0.1, 0.15) is 38.0 Å². The van der Waals surface area contributed by atoms with Crippen LogP contribution in [0, 0.1) is 0 Å². The van der Waals surface area contributed by atoms with E-state index in [-0.39, 0.29) is 11.1 Å². The number of rotatable bonds is 7. The fraction of sp³-hybridized carbons (Fsp3) is 0.222. The van der Waals surface area contributed by atoms with E-state index in [1.165, 1.54) is 0 Å². The predicted octanol–water partition coefficient (Wildman–Crippen LogP) is 4.21. The molecule has 0 radical (unpaired) electrons. The Hall–Kier alpha value is -3.58. The first kappa shape index (κ1) is 25.5. The number of carbonyl (C=O) groups excluding carboxylic acids is 3. The summed E-state index contributed by atoms with van der Waals surface area (Å²) in [6.07, 6.45) is -5.45. The van der Waals surface area contributed by atoms with Crippen LogP contribution in [0.2, 0.25) is 0 Å². The van der Waals surface area contributed by atoms with E-state index in [1.54, 1.807) is 97.9 Å². The number of carbonyl (C=O) groups is 3. The molecule has 36 heavy (non-hydrogen) atoms. The van der Waals surface area contributed by atoms with Gasteiger partial charge in [-0.05, 0) is 43.3 Å². The molecule has 0 saturated carbocycles. The highest BCUT2D eigenvalue weighted by Gasteiger charge is 2.51. The summed E-state index contributed by atoms with van der Waals surface area (Å²) in [5, 5.41) is 0. The smallest absolute Gasteiger partial charge is 0.338 e. The minimum absolute atomic E-state index is 0.279. The summed E-state index contributed by atoms with van der Waals surface area (Å²) in [6, 6.07) is 25.0. The molecule has 0 aliphatic carbocycles. The van der Waals surface area contributed by atoms with Gasteiger partial charge in [0.15, 0.2) is 18.3 Å². The van der Waals surface area contributed by atoms with E-state index in [9.17, 15) is 14.4 Å². The first-order valence-corrected chi connectivity index (χ1v) is 11.7. The van der Waals surface area contributed by atoms with Crippen LogP contribution in [0.4, 0.5) is 0 Å². The van der Waals surface area contributed by atoms with Crippen molar-refractivity contribution in [1.29, 1.82) is 0 Å². The lowest BCUT2D eigenvalue weighted by atomic mass is 9.98. The Bertz CT molecular complexity index is 1170. The van der Waals surface area contributed by atoms with Crippen molar-refractivity contribution in [2.24, 2.45) is 0 Å². The van der Waals surface area contributed by atoms with Crippen LogP contribution in [0.5, 0.6) is 0 Å². The van der Waals surface area contributed by atoms with E-state index in [2.05, 4.69) is 9.47 Å². The maximum atomic E-state index is 13.0. The van der Waals surface area contributed by atoms with Crippen molar-refractivity contribution in [2.45, 2.75) is 37.6 Å². The van der Waals surface area contributed by atoms with Crippen molar-refractivity contribution >= 4 is 27.4 Å². The van der Waals surface area contributed by atoms with Crippen LogP contribution < -0.4 is 0 Å². The Balaban J connectivity index is 1.66. The van der Waals surface area contributed by atoms with Crippen LogP contribution in [0.3, 0.4) is 0 Å². The van der Waals surface area contributed by atoms with Crippen LogP contribution in [0.15, 0.2) is 91.0 Å². The Morgan fingerprint density at radius 3 is 1.36 bits per heavy atom. The molecule has 1 heterocycles. The van der Waals surface area contributed by atoms with Gasteiger partial charge in [0.1, 0.15) is 0 Å². The summed E-state index contributed by atoms with van der Waals surface area (Å²) in [5.74, 6) is -2.01. The molecule has 1 aliphatic heterocycles. The minimum atomic E-state index is -1.24. The number of esters is 3. The molecule has 1 saturated heterocycles. The molecule has 1 aliphatic rings. The van der Waals surface area contributed by atoms with Gasteiger partial charge in [-0.1, -0.05) is 54.6 Å².